The zero-order valence-electron chi connectivity index (χ0n) is 11.5. The smallest absolute Gasteiger partial charge is 0.407 e. The summed E-state index contributed by atoms with van der Waals surface area (Å²) in [6.07, 6.45) is 0.179. The van der Waals surface area contributed by atoms with Crippen molar-refractivity contribution in [1.82, 2.24) is 15.6 Å². The number of carbonyl (C=O) groups excluding carboxylic acids is 2. The molecule has 0 atom stereocenters. The molecule has 0 fully saturated rings. The second-order valence-corrected chi connectivity index (χ2v) is 5.91. The van der Waals surface area contributed by atoms with Crippen LogP contribution in [0, 0.1) is 0 Å². The van der Waals surface area contributed by atoms with Crippen molar-refractivity contribution < 1.29 is 22.7 Å². The Labute approximate surface area is 122 Å². The number of hydrazine groups is 1. The van der Waals surface area contributed by atoms with Crippen molar-refractivity contribution in [3.05, 3.63) is 35.9 Å². The van der Waals surface area contributed by atoms with Crippen molar-refractivity contribution >= 4 is 22.0 Å². The summed E-state index contributed by atoms with van der Waals surface area (Å²) in [5.41, 5.74) is 2.83. The van der Waals surface area contributed by atoms with E-state index < -0.39 is 22.0 Å². The number of nitrogens with one attached hydrogen (secondary N) is 3. The van der Waals surface area contributed by atoms with Gasteiger partial charge in [0.2, 0.25) is 15.9 Å². The molecule has 0 aliphatic rings. The fourth-order valence-electron chi connectivity index (χ4n) is 1.26. The van der Waals surface area contributed by atoms with Crippen LogP contribution in [0.3, 0.4) is 0 Å². The van der Waals surface area contributed by atoms with Crippen molar-refractivity contribution in [3.8, 4) is 0 Å². The number of alkyl carbamates (subject to hydrolysis) is 1. The van der Waals surface area contributed by atoms with Crippen LogP contribution in [0.5, 0.6) is 0 Å². The molecule has 116 valence electrons. The molecule has 0 radical (unpaired) electrons. The van der Waals surface area contributed by atoms with Crippen LogP contribution in [0.25, 0.3) is 0 Å². The van der Waals surface area contributed by atoms with Crippen molar-refractivity contribution in [1.29, 1.82) is 0 Å². The molecule has 0 aliphatic carbocycles. The van der Waals surface area contributed by atoms with E-state index in [1.54, 1.807) is 0 Å². The average Bonchev–Trinajstić information content (AvgIpc) is 2.43. The number of sulfonamides is 1. The molecule has 1 rings (SSSR count). The van der Waals surface area contributed by atoms with Gasteiger partial charge in [0, 0.05) is 13.0 Å². The number of hydrogen-bond donors (Lipinski definition) is 3. The summed E-state index contributed by atoms with van der Waals surface area (Å²) in [5.74, 6) is -0.566. The summed E-state index contributed by atoms with van der Waals surface area (Å²) in [4.78, 5) is 24.4. The third kappa shape index (κ3) is 8.60. The Morgan fingerprint density at radius 2 is 1.86 bits per heavy atom. The first kappa shape index (κ1) is 16.9. The fraction of sp³-hybridized carbons (Fsp3) is 0.333. The van der Waals surface area contributed by atoms with Gasteiger partial charge in [-0.1, -0.05) is 30.3 Å². The Balaban J connectivity index is 2.14. The van der Waals surface area contributed by atoms with Crippen LogP contribution < -0.4 is 15.6 Å². The van der Waals surface area contributed by atoms with E-state index in [0.717, 1.165) is 11.8 Å². The largest absolute Gasteiger partial charge is 0.445 e. The van der Waals surface area contributed by atoms with E-state index in [0.29, 0.717) is 0 Å². The molecule has 21 heavy (non-hydrogen) atoms. The predicted molar refractivity (Wildman–Crippen MR) is 75.4 cm³/mol. The molecule has 2 amide bonds. The fourth-order valence-corrected chi connectivity index (χ4v) is 1.56. The minimum atomic E-state index is -3.49. The quantitative estimate of drug-likeness (QED) is 0.607. The molecule has 0 saturated carbocycles. The monoisotopic (exact) mass is 315 g/mol. The minimum Gasteiger partial charge on any atom is -0.445 e. The second kappa shape index (κ2) is 8.22. The molecule has 0 saturated heterocycles. The maximum atomic E-state index is 11.3. The topological polar surface area (TPSA) is 114 Å². The van der Waals surface area contributed by atoms with Gasteiger partial charge in [0.1, 0.15) is 6.61 Å². The second-order valence-electron chi connectivity index (χ2n) is 4.16. The summed E-state index contributed by atoms with van der Waals surface area (Å²) in [5, 5.41) is 2.38. The van der Waals surface area contributed by atoms with E-state index in [9.17, 15) is 18.0 Å². The van der Waals surface area contributed by atoms with Crippen LogP contribution in [-0.4, -0.2) is 33.2 Å². The molecule has 8 nitrogen and oxygen atoms in total. The summed E-state index contributed by atoms with van der Waals surface area (Å²) in [6.45, 7) is 0.166. The van der Waals surface area contributed by atoms with Gasteiger partial charge in [0.15, 0.2) is 0 Å². The summed E-state index contributed by atoms with van der Waals surface area (Å²) in [6, 6.07) is 9.15. The van der Waals surface area contributed by atoms with E-state index >= 15 is 0 Å². The molecule has 0 bridgehead atoms. The molecular weight excluding hydrogens is 298 g/mol. The van der Waals surface area contributed by atoms with Gasteiger partial charge in [-0.25, -0.2) is 13.2 Å². The van der Waals surface area contributed by atoms with E-state index in [1.165, 1.54) is 0 Å². The molecule has 3 N–H and O–H groups in total. The van der Waals surface area contributed by atoms with E-state index in [4.69, 9.17) is 4.74 Å². The van der Waals surface area contributed by atoms with Crippen LogP contribution >= 0.6 is 0 Å². The Hall–Kier alpha value is -2.13. The van der Waals surface area contributed by atoms with Crippen molar-refractivity contribution in [2.75, 3.05) is 12.8 Å². The first-order chi connectivity index (χ1) is 9.87. The highest BCUT2D eigenvalue weighted by molar-refractivity contribution is 7.88. The molecule has 0 aliphatic heterocycles. The number of benzene rings is 1. The molecule has 0 spiro atoms. The predicted octanol–water partition coefficient (Wildman–Crippen LogP) is -0.117. The van der Waals surface area contributed by atoms with Gasteiger partial charge in [-0.05, 0) is 5.56 Å². The number of ether oxygens (including phenoxy) is 1. The lowest BCUT2D eigenvalue weighted by atomic mass is 10.2. The first-order valence-corrected chi connectivity index (χ1v) is 7.96. The molecule has 1 aromatic carbocycles. The van der Waals surface area contributed by atoms with Crippen LogP contribution in [0.15, 0.2) is 30.3 Å². The Kier molecular flexibility index (Phi) is 6.63. The minimum absolute atomic E-state index is 0.0326. The van der Waals surface area contributed by atoms with E-state index in [2.05, 4.69) is 5.32 Å². The van der Waals surface area contributed by atoms with Crippen LogP contribution in [0.1, 0.15) is 12.0 Å². The third-order valence-electron chi connectivity index (χ3n) is 2.21. The van der Waals surface area contributed by atoms with Gasteiger partial charge in [0.05, 0.1) is 6.26 Å². The standard InChI is InChI=1S/C12H17N3O5S/c1-21(18,19)15-14-11(16)7-8-13-12(17)20-9-10-5-3-2-4-6-10/h2-6,15H,7-9H2,1H3,(H,13,17)(H,14,16). The lowest BCUT2D eigenvalue weighted by molar-refractivity contribution is -0.121. The third-order valence-corrected chi connectivity index (χ3v) is 2.68. The number of carbonyl (C=O) groups is 2. The summed E-state index contributed by atoms with van der Waals surface area (Å²) in [7, 11) is -3.49. The van der Waals surface area contributed by atoms with Gasteiger partial charge in [-0.15, -0.1) is 4.83 Å². The van der Waals surface area contributed by atoms with E-state index in [-0.39, 0.29) is 19.6 Å². The van der Waals surface area contributed by atoms with Crippen molar-refractivity contribution in [2.45, 2.75) is 13.0 Å². The molecular formula is C12H17N3O5S. The maximum Gasteiger partial charge on any atom is 0.407 e. The lowest BCUT2D eigenvalue weighted by Crippen LogP contribution is -2.42. The van der Waals surface area contributed by atoms with Gasteiger partial charge in [-0.2, -0.15) is 0 Å². The van der Waals surface area contributed by atoms with Crippen LogP contribution in [0.4, 0.5) is 4.79 Å². The van der Waals surface area contributed by atoms with Crippen molar-refractivity contribution in [3.63, 3.8) is 0 Å². The van der Waals surface area contributed by atoms with Gasteiger partial charge in [0.25, 0.3) is 0 Å². The first-order valence-electron chi connectivity index (χ1n) is 6.07. The zero-order valence-corrected chi connectivity index (χ0v) is 12.3. The Bertz CT molecular complexity index is 574. The Morgan fingerprint density at radius 3 is 2.48 bits per heavy atom. The maximum absolute atomic E-state index is 11.3. The highest BCUT2D eigenvalue weighted by Gasteiger charge is 2.07. The molecule has 0 aromatic heterocycles. The molecule has 0 heterocycles. The van der Waals surface area contributed by atoms with Gasteiger partial charge in [-0.3, -0.25) is 10.2 Å². The number of rotatable bonds is 7. The highest BCUT2D eigenvalue weighted by atomic mass is 32.2. The lowest BCUT2D eigenvalue weighted by Gasteiger charge is -2.07. The Morgan fingerprint density at radius 1 is 1.19 bits per heavy atom. The molecule has 1 aromatic rings. The van der Waals surface area contributed by atoms with E-state index in [1.807, 2.05) is 40.6 Å². The zero-order chi connectivity index (χ0) is 15.7. The van der Waals surface area contributed by atoms with Crippen LogP contribution in [-0.2, 0) is 26.2 Å². The average molecular weight is 315 g/mol. The summed E-state index contributed by atoms with van der Waals surface area (Å²) < 4.78 is 26.4. The van der Waals surface area contributed by atoms with Gasteiger partial charge < -0.3 is 10.1 Å². The number of hydrogen-bond acceptors (Lipinski definition) is 5. The SMILES string of the molecule is CS(=O)(=O)NNC(=O)CCNC(=O)OCc1ccccc1. The van der Waals surface area contributed by atoms with Crippen molar-refractivity contribution in [2.24, 2.45) is 0 Å². The van der Waals surface area contributed by atoms with Gasteiger partial charge >= 0.3 is 6.09 Å². The summed E-state index contributed by atoms with van der Waals surface area (Å²) >= 11 is 0. The van der Waals surface area contributed by atoms with Crippen LogP contribution in [0.2, 0.25) is 0 Å². The molecule has 9 heteroatoms. The highest BCUT2D eigenvalue weighted by Crippen LogP contribution is 2.00. The molecule has 0 unspecified atom stereocenters. The number of amides is 2. The normalized spacial score (nSPS) is 10.7.